The second-order valence-electron chi connectivity index (χ2n) is 2.76. The van der Waals surface area contributed by atoms with Crippen LogP contribution in [0.2, 0.25) is 0 Å². The van der Waals surface area contributed by atoms with Crippen LogP contribution in [0.15, 0.2) is 18.2 Å². The maximum atomic E-state index is 13.0. The van der Waals surface area contributed by atoms with Crippen LogP contribution in [0.5, 0.6) is 0 Å². The number of carbonyl (C=O) groups is 1. The van der Waals surface area contributed by atoms with Crippen LogP contribution >= 0.6 is 0 Å². The first kappa shape index (κ1) is 10.6. The summed E-state index contributed by atoms with van der Waals surface area (Å²) >= 11 is 0. The summed E-state index contributed by atoms with van der Waals surface area (Å²) in [4.78, 5) is 10.2. The minimum absolute atomic E-state index is 0.340. The zero-order valence-corrected chi connectivity index (χ0v) is 7.08. The van der Waals surface area contributed by atoms with E-state index in [0.29, 0.717) is 0 Å². The third-order valence-corrected chi connectivity index (χ3v) is 1.71. The van der Waals surface area contributed by atoms with Gasteiger partial charge in [-0.3, -0.25) is 4.79 Å². The molecule has 0 bridgehead atoms. The van der Waals surface area contributed by atoms with E-state index in [-0.39, 0.29) is 5.56 Å². The van der Waals surface area contributed by atoms with E-state index in [1.165, 1.54) is 6.07 Å². The van der Waals surface area contributed by atoms with Gasteiger partial charge in [0.25, 0.3) is 0 Å². The van der Waals surface area contributed by atoms with Crippen LogP contribution in [0.4, 0.5) is 8.78 Å². The monoisotopic (exact) mass is 202 g/mol. The van der Waals surface area contributed by atoms with Gasteiger partial charge in [-0.25, -0.2) is 8.78 Å². The van der Waals surface area contributed by atoms with Gasteiger partial charge >= 0.3 is 5.97 Å². The smallest absolute Gasteiger partial charge is 0.306 e. The molecule has 0 aliphatic heterocycles. The summed E-state index contributed by atoms with van der Waals surface area (Å²) < 4.78 is 25.6. The SMILES string of the molecule is O=C(O)C[C@@H](O)c1cccc(F)c1F. The van der Waals surface area contributed by atoms with Crippen molar-refractivity contribution in [2.24, 2.45) is 0 Å². The van der Waals surface area contributed by atoms with Crippen molar-refractivity contribution in [2.45, 2.75) is 12.5 Å². The molecule has 14 heavy (non-hydrogen) atoms. The van der Waals surface area contributed by atoms with Gasteiger partial charge in [0.15, 0.2) is 11.6 Å². The average molecular weight is 202 g/mol. The maximum Gasteiger partial charge on any atom is 0.306 e. The van der Waals surface area contributed by atoms with Gasteiger partial charge in [0.05, 0.1) is 12.5 Å². The molecule has 0 fully saturated rings. The molecule has 1 atom stereocenters. The van der Waals surface area contributed by atoms with Crippen molar-refractivity contribution in [1.82, 2.24) is 0 Å². The highest BCUT2D eigenvalue weighted by molar-refractivity contribution is 5.67. The normalized spacial score (nSPS) is 12.5. The van der Waals surface area contributed by atoms with E-state index < -0.39 is 30.1 Å². The van der Waals surface area contributed by atoms with Crippen LogP contribution in [0.1, 0.15) is 18.1 Å². The second-order valence-corrected chi connectivity index (χ2v) is 2.76. The van der Waals surface area contributed by atoms with Gasteiger partial charge in [0.2, 0.25) is 0 Å². The Labute approximate surface area is 78.6 Å². The summed E-state index contributed by atoms with van der Waals surface area (Å²) in [5.74, 6) is -3.59. The summed E-state index contributed by atoms with van der Waals surface area (Å²) in [5.41, 5.74) is -0.340. The Bertz CT molecular complexity index is 352. The average Bonchev–Trinajstić information content (AvgIpc) is 2.08. The molecule has 1 aromatic carbocycles. The molecule has 0 saturated heterocycles. The summed E-state index contributed by atoms with van der Waals surface area (Å²) in [6.07, 6.45) is -2.18. The lowest BCUT2D eigenvalue weighted by atomic mass is 10.1. The summed E-state index contributed by atoms with van der Waals surface area (Å²) in [6, 6.07) is 3.25. The molecular formula is C9H8F2O3. The number of hydrogen-bond acceptors (Lipinski definition) is 2. The lowest BCUT2D eigenvalue weighted by Gasteiger charge is -2.09. The van der Waals surface area contributed by atoms with Gasteiger partial charge in [-0.2, -0.15) is 0 Å². The van der Waals surface area contributed by atoms with Crippen molar-refractivity contribution in [3.05, 3.63) is 35.4 Å². The molecule has 0 heterocycles. The molecule has 0 radical (unpaired) electrons. The van der Waals surface area contributed by atoms with Gasteiger partial charge in [-0.15, -0.1) is 0 Å². The third kappa shape index (κ3) is 2.26. The molecule has 76 valence electrons. The van der Waals surface area contributed by atoms with Gasteiger partial charge < -0.3 is 10.2 Å². The minimum atomic E-state index is -1.52. The number of aliphatic carboxylic acids is 1. The van der Waals surface area contributed by atoms with Crippen LogP contribution in [0, 0.1) is 11.6 Å². The highest BCUT2D eigenvalue weighted by atomic mass is 19.2. The van der Waals surface area contributed by atoms with Gasteiger partial charge in [-0.05, 0) is 6.07 Å². The number of rotatable bonds is 3. The van der Waals surface area contributed by atoms with Crippen LogP contribution in [0.3, 0.4) is 0 Å². The van der Waals surface area contributed by atoms with E-state index in [1.54, 1.807) is 0 Å². The van der Waals surface area contributed by atoms with Crippen molar-refractivity contribution in [1.29, 1.82) is 0 Å². The van der Waals surface area contributed by atoms with E-state index in [4.69, 9.17) is 5.11 Å². The molecular weight excluding hydrogens is 194 g/mol. The van der Waals surface area contributed by atoms with Gasteiger partial charge in [-0.1, -0.05) is 12.1 Å². The third-order valence-electron chi connectivity index (χ3n) is 1.71. The van der Waals surface area contributed by atoms with E-state index in [0.717, 1.165) is 12.1 Å². The number of carboxylic acid groups (broad SMARTS) is 1. The molecule has 0 aromatic heterocycles. The van der Waals surface area contributed by atoms with E-state index in [9.17, 15) is 18.7 Å². The van der Waals surface area contributed by atoms with E-state index in [2.05, 4.69) is 0 Å². The van der Waals surface area contributed by atoms with Crippen LogP contribution in [0.25, 0.3) is 0 Å². The lowest BCUT2D eigenvalue weighted by molar-refractivity contribution is -0.139. The molecule has 1 aromatic rings. The van der Waals surface area contributed by atoms with Crippen molar-refractivity contribution >= 4 is 5.97 Å². The summed E-state index contributed by atoms with van der Waals surface area (Å²) in [5, 5.41) is 17.5. The molecule has 2 N–H and O–H groups in total. The van der Waals surface area contributed by atoms with Crippen molar-refractivity contribution in [2.75, 3.05) is 0 Å². The van der Waals surface area contributed by atoms with Gasteiger partial charge in [0.1, 0.15) is 0 Å². The molecule has 3 nitrogen and oxygen atoms in total. The van der Waals surface area contributed by atoms with Crippen molar-refractivity contribution < 1.29 is 23.8 Å². The molecule has 0 unspecified atom stereocenters. The Balaban J connectivity index is 2.95. The number of benzene rings is 1. The highest BCUT2D eigenvalue weighted by Crippen LogP contribution is 2.21. The molecule has 0 saturated carbocycles. The molecule has 0 aliphatic rings. The Morgan fingerprint density at radius 3 is 2.64 bits per heavy atom. The van der Waals surface area contributed by atoms with Crippen LogP contribution in [-0.4, -0.2) is 16.2 Å². The summed E-state index contributed by atoms with van der Waals surface area (Å²) in [6.45, 7) is 0. The molecule has 5 heteroatoms. The zero-order chi connectivity index (χ0) is 10.7. The predicted octanol–water partition coefficient (Wildman–Crippen LogP) is 1.47. The quantitative estimate of drug-likeness (QED) is 0.780. The van der Waals surface area contributed by atoms with E-state index >= 15 is 0 Å². The first-order valence-electron chi connectivity index (χ1n) is 3.86. The fraction of sp³-hybridized carbons (Fsp3) is 0.222. The number of halogens is 2. The second kappa shape index (κ2) is 4.15. The fourth-order valence-corrected chi connectivity index (χ4v) is 1.05. The highest BCUT2D eigenvalue weighted by Gasteiger charge is 2.18. The number of aliphatic hydroxyl groups excluding tert-OH is 1. The topological polar surface area (TPSA) is 57.5 Å². The Hall–Kier alpha value is -1.49. The lowest BCUT2D eigenvalue weighted by Crippen LogP contribution is -2.08. The maximum absolute atomic E-state index is 13.0. The van der Waals surface area contributed by atoms with Gasteiger partial charge in [0, 0.05) is 5.56 Å². The number of hydrogen-bond donors (Lipinski definition) is 2. The molecule has 1 rings (SSSR count). The fourth-order valence-electron chi connectivity index (χ4n) is 1.05. The van der Waals surface area contributed by atoms with Crippen LogP contribution in [-0.2, 0) is 4.79 Å². The first-order valence-corrected chi connectivity index (χ1v) is 3.86. The molecule has 0 aliphatic carbocycles. The van der Waals surface area contributed by atoms with E-state index in [1.807, 2.05) is 0 Å². The zero-order valence-electron chi connectivity index (χ0n) is 7.08. The number of aliphatic hydroxyl groups is 1. The first-order chi connectivity index (χ1) is 6.52. The van der Waals surface area contributed by atoms with Crippen LogP contribution < -0.4 is 0 Å². The summed E-state index contributed by atoms with van der Waals surface area (Å²) in [7, 11) is 0. The Morgan fingerprint density at radius 2 is 2.07 bits per heavy atom. The standard InChI is InChI=1S/C9H8F2O3/c10-6-3-1-2-5(9(6)11)7(12)4-8(13)14/h1-3,7,12H,4H2,(H,13,14)/t7-/m1/s1. The molecule has 0 spiro atoms. The largest absolute Gasteiger partial charge is 0.481 e. The van der Waals surface area contributed by atoms with Crippen molar-refractivity contribution in [3.63, 3.8) is 0 Å². The van der Waals surface area contributed by atoms with Crippen molar-refractivity contribution in [3.8, 4) is 0 Å². The molecule has 0 amide bonds. The minimum Gasteiger partial charge on any atom is -0.481 e. The Morgan fingerprint density at radius 1 is 1.43 bits per heavy atom. The number of carboxylic acids is 1. The Kier molecular flexibility index (Phi) is 3.14. The predicted molar refractivity (Wildman–Crippen MR) is 43.6 cm³/mol.